The van der Waals surface area contributed by atoms with Gasteiger partial charge in [-0.05, 0) is 61.5 Å². The van der Waals surface area contributed by atoms with Crippen LogP contribution in [0.25, 0.3) is 38.9 Å². The molecule has 0 radical (unpaired) electrons. The van der Waals surface area contributed by atoms with Gasteiger partial charge in [0.1, 0.15) is 11.6 Å². The molecule has 0 aliphatic carbocycles. The van der Waals surface area contributed by atoms with Crippen LogP contribution < -0.4 is 0 Å². The van der Waals surface area contributed by atoms with Crippen molar-refractivity contribution in [2.24, 2.45) is 0 Å². The molecule has 0 bridgehead atoms. The summed E-state index contributed by atoms with van der Waals surface area (Å²) >= 11 is 1.54. The zero-order valence-electron chi connectivity index (χ0n) is 16.6. The van der Waals surface area contributed by atoms with Gasteiger partial charge >= 0.3 is 0 Å². The molecule has 0 unspecified atom stereocenters. The van der Waals surface area contributed by atoms with Crippen molar-refractivity contribution in [3.63, 3.8) is 0 Å². The molecule has 0 saturated heterocycles. The molecule has 0 spiro atoms. The van der Waals surface area contributed by atoms with E-state index in [0.717, 1.165) is 33.0 Å². The Labute approximate surface area is 182 Å². The third-order valence-electron chi connectivity index (χ3n) is 5.00. The SMILES string of the molecule is Cc1sc(-n2nc(-c3ccc(F)cc3)cc2-c2ccc(F)cc2)nc1-c1ccccc1. The summed E-state index contributed by atoms with van der Waals surface area (Å²) in [7, 11) is 0. The number of benzene rings is 3. The fourth-order valence-electron chi connectivity index (χ4n) is 3.45. The first kappa shape index (κ1) is 19.3. The summed E-state index contributed by atoms with van der Waals surface area (Å²) in [4.78, 5) is 5.93. The Kier molecular flexibility index (Phi) is 4.92. The molecule has 2 aromatic heterocycles. The molecule has 0 aliphatic rings. The van der Waals surface area contributed by atoms with E-state index in [1.807, 2.05) is 43.3 Å². The van der Waals surface area contributed by atoms with E-state index < -0.39 is 0 Å². The van der Waals surface area contributed by atoms with Gasteiger partial charge in [-0.2, -0.15) is 5.10 Å². The second-order valence-corrected chi connectivity index (χ2v) is 8.29. The number of aromatic nitrogens is 3. The Morgan fingerprint density at radius 2 is 1.35 bits per heavy atom. The topological polar surface area (TPSA) is 30.7 Å². The molecule has 6 heteroatoms. The van der Waals surface area contributed by atoms with Crippen LogP contribution in [0.4, 0.5) is 8.78 Å². The summed E-state index contributed by atoms with van der Waals surface area (Å²) in [6.45, 7) is 2.03. The average Bonchev–Trinajstić information content (AvgIpc) is 3.39. The fourth-order valence-corrected chi connectivity index (χ4v) is 4.35. The predicted molar refractivity (Wildman–Crippen MR) is 120 cm³/mol. The van der Waals surface area contributed by atoms with Crippen molar-refractivity contribution < 1.29 is 8.78 Å². The Morgan fingerprint density at radius 1 is 0.742 bits per heavy atom. The van der Waals surface area contributed by atoms with Gasteiger partial charge < -0.3 is 0 Å². The van der Waals surface area contributed by atoms with Crippen molar-refractivity contribution in [1.29, 1.82) is 0 Å². The second kappa shape index (κ2) is 7.89. The largest absolute Gasteiger partial charge is 0.218 e. The molecule has 5 aromatic rings. The number of hydrogen-bond donors (Lipinski definition) is 0. The Balaban J connectivity index is 1.67. The summed E-state index contributed by atoms with van der Waals surface area (Å²) in [5.41, 5.74) is 5.03. The predicted octanol–water partition coefficient (Wildman–Crippen LogP) is 6.92. The minimum absolute atomic E-state index is 0.301. The van der Waals surface area contributed by atoms with Crippen molar-refractivity contribution >= 4 is 11.3 Å². The summed E-state index contributed by atoms with van der Waals surface area (Å²) in [5, 5.41) is 5.49. The van der Waals surface area contributed by atoms with E-state index in [1.165, 1.54) is 24.3 Å². The molecule has 2 heterocycles. The van der Waals surface area contributed by atoms with E-state index in [0.29, 0.717) is 10.8 Å². The second-order valence-electron chi connectivity index (χ2n) is 7.11. The van der Waals surface area contributed by atoms with Gasteiger partial charge in [-0.15, -0.1) is 0 Å². The van der Waals surface area contributed by atoms with Gasteiger partial charge in [0.15, 0.2) is 0 Å². The molecule has 152 valence electrons. The monoisotopic (exact) mass is 429 g/mol. The van der Waals surface area contributed by atoms with Crippen LogP contribution in [0.2, 0.25) is 0 Å². The van der Waals surface area contributed by atoms with Gasteiger partial charge in [-0.1, -0.05) is 41.7 Å². The fraction of sp³-hybridized carbons (Fsp3) is 0.0400. The van der Waals surface area contributed by atoms with Crippen LogP contribution in [0.5, 0.6) is 0 Å². The number of halogens is 2. The quantitative estimate of drug-likeness (QED) is 0.311. The van der Waals surface area contributed by atoms with Crippen molar-refractivity contribution in [3.8, 4) is 38.9 Å². The van der Waals surface area contributed by atoms with Crippen molar-refractivity contribution in [2.45, 2.75) is 6.92 Å². The minimum Gasteiger partial charge on any atom is -0.218 e. The molecule has 0 aliphatic heterocycles. The lowest BCUT2D eigenvalue weighted by Crippen LogP contribution is -1.99. The zero-order valence-corrected chi connectivity index (χ0v) is 17.4. The van der Waals surface area contributed by atoms with Crippen molar-refractivity contribution in [3.05, 3.63) is 101 Å². The molecule has 3 nitrogen and oxygen atoms in total. The highest BCUT2D eigenvalue weighted by atomic mass is 32.1. The van der Waals surface area contributed by atoms with Gasteiger partial charge in [0.05, 0.1) is 17.1 Å². The van der Waals surface area contributed by atoms with Gasteiger partial charge in [0.2, 0.25) is 5.13 Å². The average molecular weight is 429 g/mol. The van der Waals surface area contributed by atoms with Gasteiger partial charge in [0, 0.05) is 21.6 Å². The first-order valence-corrected chi connectivity index (χ1v) is 10.6. The van der Waals surface area contributed by atoms with Crippen LogP contribution in [0.1, 0.15) is 4.88 Å². The number of thiazole rings is 1. The van der Waals surface area contributed by atoms with Gasteiger partial charge in [-0.25, -0.2) is 18.4 Å². The minimum atomic E-state index is -0.301. The summed E-state index contributed by atoms with van der Waals surface area (Å²) in [5.74, 6) is -0.602. The molecular formula is C25H17F2N3S. The number of rotatable bonds is 4. The van der Waals surface area contributed by atoms with Crippen LogP contribution in [-0.2, 0) is 0 Å². The van der Waals surface area contributed by atoms with Gasteiger partial charge in [0.25, 0.3) is 0 Å². The highest BCUT2D eigenvalue weighted by Gasteiger charge is 2.18. The first-order chi connectivity index (χ1) is 15.1. The summed E-state index contributed by atoms with van der Waals surface area (Å²) in [6, 6.07) is 24.4. The van der Waals surface area contributed by atoms with Crippen molar-refractivity contribution in [1.82, 2.24) is 14.8 Å². The van der Waals surface area contributed by atoms with Gasteiger partial charge in [-0.3, -0.25) is 0 Å². The summed E-state index contributed by atoms with van der Waals surface area (Å²) in [6.07, 6.45) is 0. The molecule has 0 amide bonds. The maximum absolute atomic E-state index is 13.5. The normalized spacial score (nSPS) is 11.1. The van der Waals surface area contributed by atoms with E-state index in [2.05, 4.69) is 0 Å². The Hall–Kier alpha value is -3.64. The molecular weight excluding hydrogens is 412 g/mol. The number of hydrogen-bond acceptors (Lipinski definition) is 3. The lowest BCUT2D eigenvalue weighted by Gasteiger charge is -2.04. The third-order valence-corrected chi connectivity index (χ3v) is 5.95. The van der Waals surface area contributed by atoms with E-state index >= 15 is 0 Å². The van der Waals surface area contributed by atoms with Crippen molar-refractivity contribution in [2.75, 3.05) is 0 Å². The third kappa shape index (κ3) is 3.78. The van der Waals surface area contributed by atoms with E-state index in [9.17, 15) is 8.78 Å². The molecule has 0 saturated carbocycles. The molecule has 5 rings (SSSR count). The maximum atomic E-state index is 13.5. The smallest absolute Gasteiger partial charge is 0.211 e. The first-order valence-electron chi connectivity index (χ1n) is 9.74. The molecule has 0 fully saturated rings. The van der Waals surface area contributed by atoms with E-state index in [-0.39, 0.29) is 11.6 Å². The molecule has 3 aromatic carbocycles. The van der Waals surface area contributed by atoms with E-state index in [1.54, 1.807) is 40.3 Å². The standard InChI is InChI=1S/C25H17F2N3S/c1-16-24(19-5-3-2-4-6-19)28-25(31-16)30-23(18-9-13-21(27)14-10-18)15-22(29-30)17-7-11-20(26)12-8-17/h2-15H,1H3. The Bertz CT molecular complexity index is 1340. The van der Waals surface area contributed by atoms with Crippen LogP contribution in [0.15, 0.2) is 84.9 Å². The van der Waals surface area contributed by atoms with Crippen LogP contribution in [0, 0.1) is 18.6 Å². The highest BCUT2D eigenvalue weighted by molar-refractivity contribution is 7.14. The highest BCUT2D eigenvalue weighted by Crippen LogP contribution is 2.34. The number of aryl methyl sites for hydroxylation is 1. The Morgan fingerprint density at radius 3 is 2.00 bits per heavy atom. The van der Waals surface area contributed by atoms with Crippen LogP contribution in [-0.4, -0.2) is 14.8 Å². The van der Waals surface area contributed by atoms with Crippen LogP contribution in [0.3, 0.4) is 0 Å². The molecule has 31 heavy (non-hydrogen) atoms. The lowest BCUT2D eigenvalue weighted by molar-refractivity contribution is 0.627. The summed E-state index contributed by atoms with van der Waals surface area (Å²) < 4.78 is 28.7. The number of nitrogens with zero attached hydrogens (tertiary/aromatic N) is 3. The van der Waals surface area contributed by atoms with E-state index in [4.69, 9.17) is 10.1 Å². The maximum Gasteiger partial charge on any atom is 0.211 e. The molecule has 0 atom stereocenters. The van der Waals surface area contributed by atoms with Crippen LogP contribution >= 0.6 is 11.3 Å². The lowest BCUT2D eigenvalue weighted by atomic mass is 10.1. The molecule has 0 N–H and O–H groups in total. The zero-order chi connectivity index (χ0) is 21.4.